The van der Waals surface area contributed by atoms with Gasteiger partial charge in [0.25, 0.3) is 11.8 Å². The second-order valence-corrected chi connectivity index (χ2v) is 12.3. The van der Waals surface area contributed by atoms with Gasteiger partial charge >= 0.3 is 0 Å². The molecule has 2 saturated heterocycles. The predicted molar refractivity (Wildman–Crippen MR) is 173 cm³/mol. The maximum Gasteiger partial charge on any atom is 0.261 e. The maximum atomic E-state index is 13.1. The lowest BCUT2D eigenvalue weighted by Gasteiger charge is -2.43. The third kappa shape index (κ3) is 6.02. The Balaban J connectivity index is 1.13. The van der Waals surface area contributed by atoms with Crippen molar-refractivity contribution < 1.29 is 28.9 Å². The Morgan fingerprint density at radius 1 is 0.739 bits per heavy atom. The average Bonchev–Trinajstić information content (AvgIpc) is 3.35. The summed E-state index contributed by atoms with van der Waals surface area (Å²) in [4.78, 5) is 29.9. The minimum Gasteiger partial charge on any atom is -0.392 e. The summed E-state index contributed by atoms with van der Waals surface area (Å²) >= 11 is 0. The van der Waals surface area contributed by atoms with Gasteiger partial charge in [-0.3, -0.25) is 19.4 Å². The molecule has 0 bridgehead atoms. The van der Waals surface area contributed by atoms with Crippen LogP contribution in [0.3, 0.4) is 0 Å². The SMILES string of the molecule is C[C@H]1[C@@H](CN2CCOCC2)O[C@@H](c2ccc(-c3ccccc3CN3C(=O)c4ccccc4C3=O)cc2)O[C@H]1c1ccc(CO)cc1. The molecule has 4 atom stereocenters. The van der Waals surface area contributed by atoms with Crippen LogP contribution < -0.4 is 0 Å². The number of aliphatic hydroxyl groups is 1. The van der Waals surface area contributed by atoms with E-state index in [1.807, 2.05) is 72.8 Å². The van der Waals surface area contributed by atoms with Crippen LogP contribution in [0.15, 0.2) is 97.1 Å². The third-order valence-electron chi connectivity index (χ3n) is 9.38. The Morgan fingerprint density at radius 3 is 2.00 bits per heavy atom. The van der Waals surface area contributed by atoms with Crippen LogP contribution in [0.4, 0.5) is 0 Å². The maximum absolute atomic E-state index is 13.1. The Hall–Kier alpha value is -4.18. The molecule has 4 aromatic rings. The summed E-state index contributed by atoms with van der Waals surface area (Å²) in [6, 6.07) is 31.0. The van der Waals surface area contributed by atoms with Crippen LogP contribution in [-0.2, 0) is 27.4 Å². The van der Waals surface area contributed by atoms with E-state index in [0.717, 1.165) is 66.2 Å². The van der Waals surface area contributed by atoms with Gasteiger partial charge in [-0.1, -0.05) is 91.9 Å². The summed E-state index contributed by atoms with van der Waals surface area (Å²) in [5, 5.41) is 9.56. The van der Waals surface area contributed by atoms with Gasteiger partial charge in [-0.15, -0.1) is 0 Å². The lowest BCUT2D eigenvalue weighted by molar-refractivity contribution is -0.277. The van der Waals surface area contributed by atoms with E-state index in [2.05, 4.69) is 11.8 Å². The van der Waals surface area contributed by atoms with E-state index >= 15 is 0 Å². The Bertz CT molecular complexity index is 1660. The number of carbonyl (C=O) groups is 2. The van der Waals surface area contributed by atoms with Gasteiger partial charge in [0.2, 0.25) is 0 Å². The van der Waals surface area contributed by atoms with Crippen LogP contribution in [0.5, 0.6) is 0 Å². The van der Waals surface area contributed by atoms with E-state index < -0.39 is 6.29 Å². The summed E-state index contributed by atoms with van der Waals surface area (Å²) in [5.41, 5.74) is 6.56. The summed E-state index contributed by atoms with van der Waals surface area (Å²) in [6.45, 7) is 6.37. The molecule has 0 radical (unpaired) electrons. The largest absolute Gasteiger partial charge is 0.392 e. The molecule has 8 heteroatoms. The van der Waals surface area contributed by atoms with Crippen molar-refractivity contribution in [3.63, 3.8) is 0 Å². The molecule has 46 heavy (non-hydrogen) atoms. The second kappa shape index (κ2) is 13.3. The molecule has 0 unspecified atom stereocenters. The second-order valence-electron chi connectivity index (χ2n) is 12.3. The van der Waals surface area contributed by atoms with Crippen molar-refractivity contribution >= 4 is 11.8 Å². The fourth-order valence-electron chi connectivity index (χ4n) is 6.68. The van der Waals surface area contributed by atoms with E-state index in [-0.39, 0.29) is 43.1 Å². The van der Waals surface area contributed by atoms with Gasteiger partial charge in [0.1, 0.15) is 0 Å². The molecule has 0 aromatic heterocycles. The zero-order valence-corrected chi connectivity index (χ0v) is 25.9. The Morgan fingerprint density at radius 2 is 1.35 bits per heavy atom. The summed E-state index contributed by atoms with van der Waals surface area (Å²) in [6.07, 6.45) is -0.801. The number of imide groups is 1. The van der Waals surface area contributed by atoms with Crippen molar-refractivity contribution in [2.24, 2.45) is 5.92 Å². The van der Waals surface area contributed by atoms with Gasteiger partial charge in [0.05, 0.1) is 49.7 Å². The first-order valence-corrected chi connectivity index (χ1v) is 15.9. The van der Waals surface area contributed by atoms with Crippen molar-refractivity contribution in [1.29, 1.82) is 0 Å². The molecule has 8 nitrogen and oxygen atoms in total. The van der Waals surface area contributed by atoms with E-state index in [0.29, 0.717) is 11.1 Å². The van der Waals surface area contributed by atoms with E-state index in [1.165, 1.54) is 4.90 Å². The highest BCUT2D eigenvalue weighted by Gasteiger charge is 2.39. The number of fused-ring (bicyclic) bond motifs is 1. The number of nitrogens with zero attached hydrogens (tertiary/aromatic N) is 2. The molecule has 4 aromatic carbocycles. The molecule has 2 fully saturated rings. The lowest BCUT2D eigenvalue weighted by Crippen LogP contribution is -2.47. The van der Waals surface area contributed by atoms with E-state index in [4.69, 9.17) is 14.2 Å². The van der Waals surface area contributed by atoms with Gasteiger partial charge in [-0.2, -0.15) is 0 Å². The molecule has 1 N–H and O–H groups in total. The molecule has 236 valence electrons. The van der Waals surface area contributed by atoms with E-state index in [9.17, 15) is 14.7 Å². The number of amides is 2. The molecular weight excluding hydrogens is 580 g/mol. The zero-order chi connectivity index (χ0) is 31.6. The predicted octanol–water partition coefficient (Wildman–Crippen LogP) is 5.77. The summed E-state index contributed by atoms with van der Waals surface area (Å²) in [5.74, 6) is -0.426. The van der Waals surface area contributed by atoms with Gasteiger partial charge in [-0.25, -0.2) is 0 Å². The van der Waals surface area contributed by atoms with Crippen molar-refractivity contribution in [1.82, 2.24) is 9.80 Å². The average molecular weight is 619 g/mol. The van der Waals surface area contributed by atoms with Crippen molar-refractivity contribution in [2.75, 3.05) is 32.8 Å². The van der Waals surface area contributed by atoms with Crippen LogP contribution >= 0.6 is 0 Å². The highest BCUT2D eigenvalue weighted by molar-refractivity contribution is 6.21. The number of rotatable bonds is 8. The number of aliphatic hydroxyl groups excluding tert-OH is 1. The van der Waals surface area contributed by atoms with Gasteiger partial charge < -0.3 is 19.3 Å². The zero-order valence-electron chi connectivity index (χ0n) is 25.9. The van der Waals surface area contributed by atoms with Crippen LogP contribution in [0.2, 0.25) is 0 Å². The normalized spacial score (nSPS) is 23.5. The number of benzene rings is 4. The minimum absolute atomic E-state index is 0.000520. The number of hydrogen-bond donors (Lipinski definition) is 1. The van der Waals surface area contributed by atoms with Crippen molar-refractivity contribution in [2.45, 2.75) is 38.6 Å². The third-order valence-corrected chi connectivity index (χ3v) is 9.38. The number of ether oxygens (including phenoxy) is 3. The quantitative estimate of drug-likeness (QED) is 0.251. The van der Waals surface area contributed by atoms with E-state index in [1.54, 1.807) is 24.3 Å². The van der Waals surface area contributed by atoms with Crippen LogP contribution in [0.1, 0.15) is 62.3 Å². The first kappa shape index (κ1) is 30.5. The summed E-state index contributed by atoms with van der Waals surface area (Å²) < 4.78 is 18.9. The Labute approximate surface area is 269 Å². The van der Waals surface area contributed by atoms with Crippen LogP contribution in [-0.4, -0.2) is 65.7 Å². The molecule has 0 spiro atoms. The monoisotopic (exact) mass is 618 g/mol. The molecule has 2 amide bonds. The lowest BCUT2D eigenvalue weighted by atomic mass is 9.90. The standard InChI is InChI=1S/C38H38N2O6/c1-25-34(23-39-18-20-44-21-19-39)45-38(46-35(25)28-12-10-26(24-41)11-13-28)29-16-14-27(15-17-29)31-7-3-2-6-30(31)22-40-36(42)32-8-4-5-9-33(32)37(40)43/h2-17,25,34-35,38,41H,18-24H2,1H3/t25-,34+,35+,38+/m0/s1. The van der Waals surface area contributed by atoms with Crippen LogP contribution in [0, 0.1) is 5.92 Å². The molecule has 0 saturated carbocycles. The van der Waals surface area contributed by atoms with Crippen molar-refractivity contribution in [3.05, 3.63) is 130 Å². The van der Waals surface area contributed by atoms with Gasteiger partial charge in [0.15, 0.2) is 6.29 Å². The molecule has 3 heterocycles. The molecular formula is C38H38N2O6. The fraction of sp³-hybridized carbons (Fsp3) is 0.316. The summed E-state index contributed by atoms with van der Waals surface area (Å²) in [7, 11) is 0. The number of morpholine rings is 1. The molecule has 3 aliphatic heterocycles. The first-order chi connectivity index (χ1) is 22.5. The van der Waals surface area contributed by atoms with Gasteiger partial charge in [-0.05, 0) is 39.9 Å². The van der Waals surface area contributed by atoms with Gasteiger partial charge in [0, 0.05) is 31.1 Å². The molecule has 7 rings (SSSR count). The van der Waals surface area contributed by atoms with Crippen molar-refractivity contribution in [3.8, 4) is 11.1 Å². The number of hydrogen-bond acceptors (Lipinski definition) is 7. The smallest absolute Gasteiger partial charge is 0.261 e. The highest BCUT2D eigenvalue weighted by Crippen LogP contribution is 2.42. The highest BCUT2D eigenvalue weighted by atomic mass is 16.7. The first-order valence-electron chi connectivity index (χ1n) is 15.9. The Kier molecular flexibility index (Phi) is 8.80. The fourth-order valence-corrected chi connectivity index (χ4v) is 6.68. The number of carbonyl (C=O) groups excluding carboxylic acids is 2. The van der Waals surface area contributed by atoms with Crippen LogP contribution in [0.25, 0.3) is 11.1 Å². The topological polar surface area (TPSA) is 88.5 Å². The molecule has 3 aliphatic rings. The molecule has 0 aliphatic carbocycles. The minimum atomic E-state index is -0.563.